The number of carbonyl (C=O) groups excluding carboxylic acids is 1. The minimum absolute atomic E-state index is 0.0675. The molecular weight excluding hydrogens is 310 g/mol. The third-order valence-electron chi connectivity index (χ3n) is 4.24. The van der Waals surface area contributed by atoms with Crippen molar-refractivity contribution in [3.8, 4) is 0 Å². The quantitative estimate of drug-likeness (QED) is 0.613. The minimum atomic E-state index is -0.119. The molecule has 0 bridgehead atoms. The lowest BCUT2D eigenvalue weighted by molar-refractivity contribution is -0.147. The Balaban J connectivity index is 1.84. The molecule has 0 heterocycles. The van der Waals surface area contributed by atoms with E-state index in [0.717, 1.165) is 32.5 Å². The van der Waals surface area contributed by atoms with Crippen LogP contribution in [0.25, 0.3) is 0 Å². The van der Waals surface area contributed by atoms with E-state index in [-0.39, 0.29) is 11.9 Å². The van der Waals surface area contributed by atoms with Crippen LogP contribution in [-0.4, -0.2) is 37.1 Å². The van der Waals surface area contributed by atoms with Crippen molar-refractivity contribution < 1.29 is 9.53 Å². The van der Waals surface area contributed by atoms with Crippen molar-refractivity contribution >= 4 is 5.97 Å². The summed E-state index contributed by atoms with van der Waals surface area (Å²) in [6.45, 7) is 6.90. The molecular formula is C22H29NO2. The molecule has 0 unspecified atom stereocenters. The first-order valence-corrected chi connectivity index (χ1v) is 9.12. The standard InChI is InChI=1S/C22H29NO2/c1-19(2)22(24)25-18-17-23(15-13-20-9-5-3-6-10-20)16-14-21-11-7-4-8-12-21/h3-12,19H,13-18H2,1-2H3. The van der Waals surface area contributed by atoms with Gasteiger partial charge >= 0.3 is 5.97 Å². The van der Waals surface area contributed by atoms with Crippen molar-refractivity contribution in [2.45, 2.75) is 26.7 Å². The van der Waals surface area contributed by atoms with Gasteiger partial charge in [-0.1, -0.05) is 74.5 Å². The summed E-state index contributed by atoms with van der Waals surface area (Å²) in [4.78, 5) is 14.0. The van der Waals surface area contributed by atoms with E-state index < -0.39 is 0 Å². The number of hydrogen-bond donors (Lipinski definition) is 0. The van der Waals surface area contributed by atoms with E-state index in [1.54, 1.807) is 0 Å². The van der Waals surface area contributed by atoms with Crippen LogP contribution in [0, 0.1) is 5.92 Å². The molecule has 3 nitrogen and oxygen atoms in total. The molecule has 0 amide bonds. The Kier molecular flexibility index (Phi) is 8.20. The molecule has 0 saturated carbocycles. The van der Waals surface area contributed by atoms with Crippen molar-refractivity contribution in [1.29, 1.82) is 0 Å². The zero-order valence-electron chi connectivity index (χ0n) is 15.4. The number of esters is 1. The molecule has 0 aromatic heterocycles. The molecule has 0 aliphatic heterocycles. The normalized spacial score (nSPS) is 11.0. The van der Waals surface area contributed by atoms with Crippen LogP contribution < -0.4 is 0 Å². The molecule has 134 valence electrons. The van der Waals surface area contributed by atoms with Crippen LogP contribution >= 0.6 is 0 Å². The largest absolute Gasteiger partial charge is 0.464 e. The van der Waals surface area contributed by atoms with E-state index in [9.17, 15) is 4.79 Å². The third kappa shape index (κ3) is 7.53. The molecule has 0 spiro atoms. The van der Waals surface area contributed by atoms with E-state index in [0.29, 0.717) is 6.61 Å². The Bertz CT molecular complexity index is 567. The number of carbonyl (C=O) groups is 1. The Morgan fingerprint density at radius 1 is 0.840 bits per heavy atom. The highest BCUT2D eigenvalue weighted by Gasteiger charge is 2.10. The molecule has 0 radical (unpaired) electrons. The minimum Gasteiger partial charge on any atom is -0.464 e. The van der Waals surface area contributed by atoms with E-state index in [2.05, 4.69) is 53.4 Å². The van der Waals surface area contributed by atoms with Crippen molar-refractivity contribution in [2.24, 2.45) is 5.92 Å². The van der Waals surface area contributed by atoms with Crippen molar-refractivity contribution in [3.05, 3.63) is 71.8 Å². The molecule has 0 N–H and O–H groups in total. The zero-order valence-corrected chi connectivity index (χ0v) is 15.4. The number of hydrogen-bond acceptors (Lipinski definition) is 3. The van der Waals surface area contributed by atoms with Gasteiger partial charge in [0, 0.05) is 19.6 Å². The maximum atomic E-state index is 11.6. The fourth-order valence-corrected chi connectivity index (χ4v) is 2.64. The second-order valence-electron chi connectivity index (χ2n) is 6.64. The first kappa shape index (κ1) is 19.2. The maximum Gasteiger partial charge on any atom is 0.308 e. The molecule has 0 saturated heterocycles. The van der Waals surface area contributed by atoms with Crippen molar-refractivity contribution in [2.75, 3.05) is 26.2 Å². The Morgan fingerprint density at radius 2 is 1.32 bits per heavy atom. The topological polar surface area (TPSA) is 29.5 Å². The molecule has 3 heteroatoms. The molecule has 0 aliphatic carbocycles. The molecule has 2 aromatic rings. The lowest BCUT2D eigenvalue weighted by Crippen LogP contribution is -2.32. The second kappa shape index (κ2) is 10.7. The molecule has 25 heavy (non-hydrogen) atoms. The van der Waals surface area contributed by atoms with Crippen LogP contribution in [-0.2, 0) is 22.4 Å². The zero-order chi connectivity index (χ0) is 17.9. The lowest BCUT2D eigenvalue weighted by atomic mass is 10.1. The van der Waals surface area contributed by atoms with Crippen LogP contribution in [0.5, 0.6) is 0 Å². The van der Waals surface area contributed by atoms with Gasteiger partial charge in [-0.2, -0.15) is 0 Å². The average molecular weight is 339 g/mol. The highest BCUT2D eigenvalue weighted by atomic mass is 16.5. The Labute approximate surface area is 151 Å². The number of benzene rings is 2. The molecule has 2 aromatic carbocycles. The van der Waals surface area contributed by atoms with Crippen LogP contribution in [0.4, 0.5) is 0 Å². The molecule has 0 atom stereocenters. The highest BCUT2D eigenvalue weighted by Crippen LogP contribution is 2.05. The van der Waals surface area contributed by atoms with Gasteiger partial charge in [0.2, 0.25) is 0 Å². The first-order chi connectivity index (χ1) is 12.1. The summed E-state index contributed by atoms with van der Waals surface area (Å²) in [7, 11) is 0. The van der Waals surface area contributed by atoms with Crippen LogP contribution in [0.2, 0.25) is 0 Å². The summed E-state index contributed by atoms with van der Waals surface area (Å²) in [5.41, 5.74) is 2.68. The van der Waals surface area contributed by atoms with Gasteiger partial charge in [0.15, 0.2) is 0 Å². The fourth-order valence-electron chi connectivity index (χ4n) is 2.64. The van der Waals surface area contributed by atoms with Gasteiger partial charge in [-0.25, -0.2) is 0 Å². The van der Waals surface area contributed by atoms with Crippen molar-refractivity contribution in [3.63, 3.8) is 0 Å². The van der Waals surface area contributed by atoms with Gasteiger partial charge in [0.05, 0.1) is 5.92 Å². The molecule has 0 fully saturated rings. The predicted molar refractivity (Wildman–Crippen MR) is 103 cm³/mol. The van der Waals surface area contributed by atoms with E-state index in [1.165, 1.54) is 11.1 Å². The number of nitrogens with zero attached hydrogens (tertiary/aromatic N) is 1. The average Bonchev–Trinajstić information content (AvgIpc) is 2.65. The fraction of sp³-hybridized carbons (Fsp3) is 0.409. The summed E-state index contributed by atoms with van der Waals surface area (Å²) >= 11 is 0. The maximum absolute atomic E-state index is 11.6. The first-order valence-electron chi connectivity index (χ1n) is 9.12. The van der Waals surface area contributed by atoms with E-state index in [4.69, 9.17) is 4.74 Å². The molecule has 0 aliphatic rings. The second-order valence-corrected chi connectivity index (χ2v) is 6.64. The van der Waals surface area contributed by atoms with E-state index >= 15 is 0 Å². The summed E-state index contributed by atoms with van der Waals surface area (Å²) in [6.07, 6.45) is 2.02. The van der Waals surface area contributed by atoms with Crippen LogP contribution in [0.3, 0.4) is 0 Å². The Hall–Kier alpha value is -2.13. The number of rotatable bonds is 10. The van der Waals surface area contributed by atoms with Crippen LogP contribution in [0.15, 0.2) is 60.7 Å². The van der Waals surface area contributed by atoms with Crippen molar-refractivity contribution in [1.82, 2.24) is 4.90 Å². The van der Waals surface area contributed by atoms with Gasteiger partial charge in [-0.05, 0) is 24.0 Å². The van der Waals surface area contributed by atoms with Gasteiger partial charge in [-0.15, -0.1) is 0 Å². The van der Waals surface area contributed by atoms with Gasteiger partial charge in [0.1, 0.15) is 6.61 Å². The lowest BCUT2D eigenvalue weighted by Gasteiger charge is -2.22. The molecule has 2 rings (SSSR count). The third-order valence-corrected chi connectivity index (χ3v) is 4.24. The summed E-state index contributed by atoms with van der Waals surface area (Å²) < 4.78 is 5.36. The van der Waals surface area contributed by atoms with Crippen LogP contribution in [0.1, 0.15) is 25.0 Å². The summed E-state index contributed by atoms with van der Waals surface area (Å²) in [5, 5.41) is 0. The Morgan fingerprint density at radius 3 is 1.76 bits per heavy atom. The predicted octanol–water partition coefficient (Wildman–Crippen LogP) is 3.97. The highest BCUT2D eigenvalue weighted by molar-refractivity contribution is 5.71. The van der Waals surface area contributed by atoms with Gasteiger partial charge < -0.3 is 4.74 Å². The SMILES string of the molecule is CC(C)C(=O)OCCN(CCc1ccccc1)CCc1ccccc1. The summed E-state index contributed by atoms with van der Waals surface area (Å²) in [5.74, 6) is -0.187. The van der Waals surface area contributed by atoms with Gasteiger partial charge in [0.25, 0.3) is 0 Å². The monoisotopic (exact) mass is 339 g/mol. The van der Waals surface area contributed by atoms with E-state index in [1.807, 2.05) is 26.0 Å². The number of ether oxygens (including phenoxy) is 1. The summed E-state index contributed by atoms with van der Waals surface area (Å²) in [6, 6.07) is 21.0. The smallest absolute Gasteiger partial charge is 0.308 e. The van der Waals surface area contributed by atoms with Gasteiger partial charge in [-0.3, -0.25) is 9.69 Å².